The van der Waals surface area contributed by atoms with Crippen molar-refractivity contribution in [3.63, 3.8) is 0 Å². The molecule has 119 valence electrons. The van der Waals surface area contributed by atoms with Crippen LogP contribution < -0.4 is 0 Å². The molecule has 0 bridgehead atoms. The summed E-state index contributed by atoms with van der Waals surface area (Å²) in [7, 11) is 0. The Morgan fingerprint density at radius 1 is 0.364 bits per heavy atom. The largest absolute Gasteiger partial charge is 0.0622 e. The van der Waals surface area contributed by atoms with E-state index in [0.29, 0.717) is 0 Å². The summed E-state index contributed by atoms with van der Waals surface area (Å²) in [6, 6.07) is 30.8. The first-order valence-corrected chi connectivity index (χ1v) is 7.23. The van der Waals surface area contributed by atoms with Gasteiger partial charge in [-0.3, -0.25) is 0 Å². The standard InChI is InChI=1S/3C7H8.Ag/c3*1-7-5-3-2-4-6-7;/h3*2-6H,1H3;. The third kappa shape index (κ3) is 11.1. The zero-order chi connectivity index (χ0) is 15.3. The van der Waals surface area contributed by atoms with Crippen molar-refractivity contribution in [2.45, 2.75) is 20.8 Å². The predicted octanol–water partition coefficient (Wildman–Crippen LogP) is 5.98. The molecule has 1 radical (unpaired) electrons. The molecule has 3 aromatic rings. The van der Waals surface area contributed by atoms with Gasteiger partial charge in [0, 0.05) is 22.4 Å². The van der Waals surface area contributed by atoms with E-state index in [9.17, 15) is 0 Å². The molecule has 0 aliphatic carbocycles. The van der Waals surface area contributed by atoms with Gasteiger partial charge in [-0.15, -0.1) is 0 Å². The van der Waals surface area contributed by atoms with Gasteiger partial charge < -0.3 is 0 Å². The molecule has 0 atom stereocenters. The van der Waals surface area contributed by atoms with E-state index in [2.05, 4.69) is 57.2 Å². The zero-order valence-electron chi connectivity index (χ0n) is 13.5. The molecule has 22 heavy (non-hydrogen) atoms. The Kier molecular flexibility index (Phi) is 12.1. The van der Waals surface area contributed by atoms with Gasteiger partial charge >= 0.3 is 0 Å². The molecule has 0 amide bonds. The van der Waals surface area contributed by atoms with Gasteiger partial charge in [-0.2, -0.15) is 0 Å². The number of aryl methyl sites for hydroxylation is 3. The van der Waals surface area contributed by atoms with Gasteiger partial charge in [0.2, 0.25) is 0 Å². The summed E-state index contributed by atoms with van der Waals surface area (Å²) in [6.07, 6.45) is 0. The van der Waals surface area contributed by atoms with Gasteiger partial charge in [0.25, 0.3) is 0 Å². The van der Waals surface area contributed by atoms with Crippen molar-refractivity contribution in [2.75, 3.05) is 0 Å². The monoisotopic (exact) mass is 383 g/mol. The van der Waals surface area contributed by atoms with Gasteiger partial charge in [0.05, 0.1) is 0 Å². The molecule has 0 saturated carbocycles. The molecule has 3 rings (SSSR count). The van der Waals surface area contributed by atoms with E-state index in [0.717, 1.165) is 0 Å². The predicted molar refractivity (Wildman–Crippen MR) is 93.5 cm³/mol. The van der Waals surface area contributed by atoms with Crippen LogP contribution in [0.25, 0.3) is 0 Å². The maximum absolute atomic E-state index is 2.08. The second kappa shape index (κ2) is 13.1. The van der Waals surface area contributed by atoms with Crippen LogP contribution in [0.1, 0.15) is 16.7 Å². The van der Waals surface area contributed by atoms with Crippen molar-refractivity contribution in [1.82, 2.24) is 0 Å². The van der Waals surface area contributed by atoms with Crippen molar-refractivity contribution in [3.05, 3.63) is 108 Å². The maximum atomic E-state index is 2.08. The van der Waals surface area contributed by atoms with Crippen LogP contribution in [0.2, 0.25) is 0 Å². The van der Waals surface area contributed by atoms with E-state index in [-0.39, 0.29) is 22.4 Å². The molecule has 0 aromatic heterocycles. The molecular weight excluding hydrogens is 360 g/mol. The van der Waals surface area contributed by atoms with Crippen molar-refractivity contribution in [1.29, 1.82) is 0 Å². The molecule has 0 aliphatic heterocycles. The van der Waals surface area contributed by atoms with E-state index < -0.39 is 0 Å². The van der Waals surface area contributed by atoms with E-state index in [1.807, 2.05) is 54.6 Å². The summed E-state index contributed by atoms with van der Waals surface area (Å²) in [5, 5.41) is 0. The van der Waals surface area contributed by atoms with Crippen LogP contribution >= 0.6 is 0 Å². The van der Waals surface area contributed by atoms with Crippen LogP contribution in [0.5, 0.6) is 0 Å². The van der Waals surface area contributed by atoms with Gasteiger partial charge in [-0.05, 0) is 20.8 Å². The number of rotatable bonds is 0. The number of hydrogen-bond acceptors (Lipinski definition) is 0. The third-order valence-corrected chi connectivity index (χ3v) is 2.82. The second-order valence-electron chi connectivity index (χ2n) is 4.96. The minimum atomic E-state index is 0. The topological polar surface area (TPSA) is 0 Å². The summed E-state index contributed by atoms with van der Waals surface area (Å²) in [6.45, 7) is 6.25. The van der Waals surface area contributed by atoms with Gasteiger partial charge in [0.1, 0.15) is 0 Å². The van der Waals surface area contributed by atoms with Crippen LogP contribution in [0, 0.1) is 20.8 Å². The van der Waals surface area contributed by atoms with E-state index >= 15 is 0 Å². The normalized spacial score (nSPS) is 8.32. The molecule has 3 aromatic carbocycles. The van der Waals surface area contributed by atoms with Crippen molar-refractivity contribution in [3.8, 4) is 0 Å². The number of hydrogen-bond donors (Lipinski definition) is 0. The molecule has 0 unspecified atom stereocenters. The molecule has 0 spiro atoms. The van der Waals surface area contributed by atoms with Crippen molar-refractivity contribution >= 4 is 0 Å². The van der Waals surface area contributed by atoms with Crippen LogP contribution in [-0.4, -0.2) is 0 Å². The van der Waals surface area contributed by atoms with Crippen LogP contribution in [0.3, 0.4) is 0 Å². The van der Waals surface area contributed by atoms with Gasteiger partial charge in [-0.1, -0.05) is 108 Å². The average Bonchev–Trinajstić information content (AvgIpc) is 2.51. The molecule has 0 heterocycles. The fourth-order valence-corrected chi connectivity index (χ4v) is 1.60. The number of benzene rings is 3. The molecule has 0 saturated heterocycles. The third-order valence-electron chi connectivity index (χ3n) is 2.82. The molecule has 1 heteroatoms. The molecule has 0 nitrogen and oxygen atoms in total. The first-order valence-electron chi connectivity index (χ1n) is 7.23. The quantitative estimate of drug-likeness (QED) is 0.418. The Morgan fingerprint density at radius 3 is 0.636 bits per heavy atom. The van der Waals surface area contributed by atoms with E-state index in [4.69, 9.17) is 0 Å². The Labute approximate surface area is 150 Å². The SMILES string of the molecule is Cc1ccccc1.Cc1ccccc1.Cc1ccccc1.[Ag]. The Hall–Kier alpha value is -1.60. The van der Waals surface area contributed by atoms with Crippen molar-refractivity contribution in [2.24, 2.45) is 0 Å². The summed E-state index contributed by atoms with van der Waals surface area (Å²) in [4.78, 5) is 0. The molecule has 0 N–H and O–H groups in total. The fourth-order valence-electron chi connectivity index (χ4n) is 1.60. The summed E-state index contributed by atoms with van der Waals surface area (Å²) < 4.78 is 0. The first-order chi connectivity index (χ1) is 10.2. The summed E-state index contributed by atoms with van der Waals surface area (Å²) in [5.74, 6) is 0. The Bertz CT molecular complexity index is 485. The minimum absolute atomic E-state index is 0. The van der Waals surface area contributed by atoms with Crippen LogP contribution in [0.15, 0.2) is 91.0 Å². The van der Waals surface area contributed by atoms with E-state index in [1.165, 1.54) is 16.7 Å². The smallest absolute Gasteiger partial charge is 0 e. The van der Waals surface area contributed by atoms with Gasteiger partial charge in [-0.25, -0.2) is 0 Å². The molecular formula is C21H24Ag. The van der Waals surface area contributed by atoms with Gasteiger partial charge in [0.15, 0.2) is 0 Å². The second-order valence-corrected chi connectivity index (χ2v) is 4.96. The fraction of sp³-hybridized carbons (Fsp3) is 0.143. The molecule has 0 fully saturated rings. The summed E-state index contributed by atoms with van der Waals surface area (Å²) >= 11 is 0. The molecule has 0 aliphatic rings. The zero-order valence-corrected chi connectivity index (χ0v) is 14.9. The van der Waals surface area contributed by atoms with E-state index in [1.54, 1.807) is 0 Å². The Morgan fingerprint density at radius 2 is 0.545 bits per heavy atom. The first kappa shape index (κ1) is 20.4. The Balaban J connectivity index is 0.000000294. The minimum Gasteiger partial charge on any atom is -0.0622 e. The maximum Gasteiger partial charge on any atom is 0 e. The summed E-state index contributed by atoms with van der Waals surface area (Å²) in [5.41, 5.74) is 3.97. The van der Waals surface area contributed by atoms with Crippen molar-refractivity contribution < 1.29 is 22.4 Å². The average molecular weight is 384 g/mol. The van der Waals surface area contributed by atoms with Crippen LogP contribution in [-0.2, 0) is 22.4 Å². The van der Waals surface area contributed by atoms with Crippen LogP contribution in [0.4, 0.5) is 0 Å².